The molecule has 2 rings (SSSR count). The van der Waals surface area contributed by atoms with Gasteiger partial charge in [-0.2, -0.15) is 0 Å². The fraction of sp³-hybridized carbons (Fsp3) is 0.900. The highest BCUT2D eigenvalue weighted by atomic mass is 15.3. The Hall–Kier alpha value is -0.570. The molecule has 2 heterocycles. The molecule has 0 aromatic carbocycles. The van der Waals surface area contributed by atoms with Gasteiger partial charge in [-0.1, -0.05) is 6.92 Å². The van der Waals surface area contributed by atoms with Crippen molar-refractivity contribution in [2.75, 3.05) is 13.1 Å². The topological polar surface area (TPSA) is 39.1 Å². The molecule has 2 aliphatic heterocycles. The van der Waals surface area contributed by atoms with Gasteiger partial charge in [0.25, 0.3) is 0 Å². The third-order valence-electron chi connectivity index (χ3n) is 3.18. The van der Waals surface area contributed by atoms with Crippen LogP contribution in [0.5, 0.6) is 0 Å². The second-order valence-corrected chi connectivity index (χ2v) is 4.15. The number of nitrogens with one attached hydrogen (secondary N) is 2. The Morgan fingerprint density at radius 1 is 1.38 bits per heavy atom. The second kappa shape index (κ2) is 3.66. The third-order valence-corrected chi connectivity index (χ3v) is 3.18. The summed E-state index contributed by atoms with van der Waals surface area (Å²) in [4.78, 5) is 2.36. The Balaban J connectivity index is 2.02. The first-order valence-electron chi connectivity index (χ1n) is 5.39. The van der Waals surface area contributed by atoms with Crippen LogP contribution in [-0.2, 0) is 0 Å². The van der Waals surface area contributed by atoms with E-state index in [0.29, 0.717) is 12.1 Å². The van der Waals surface area contributed by atoms with Gasteiger partial charge in [-0.15, -0.1) is 0 Å². The van der Waals surface area contributed by atoms with Crippen LogP contribution in [0.4, 0.5) is 0 Å². The molecule has 2 atom stereocenters. The molecule has 2 bridgehead atoms. The molecule has 2 fully saturated rings. The van der Waals surface area contributed by atoms with E-state index >= 15 is 0 Å². The molecule has 0 radical (unpaired) electrons. The van der Waals surface area contributed by atoms with Crippen LogP contribution < -0.4 is 5.32 Å². The molecule has 0 amide bonds. The summed E-state index contributed by atoms with van der Waals surface area (Å²) in [5, 5.41) is 11.4. The van der Waals surface area contributed by atoms with E-state index in [2.05, 4.69) is 17.1 Å². The number of nitrogens with zero attached hydrogens (tertiary/aromatic N) is 1. The summed E-state index contributed by atoms with van der Waals surface area (Å²) in [6.45, 7) is 4.32. The number of piperazine rings is 1. The predicted molar refractivity (Wildman–Crippen MR) is 54.2 cm³/mol. The summed E-state index contributed by atoms with van der Waals surface area (Å²) in [5.41, 5.74) is 0. The molecule has 0 saturated carbocycles. The zero-order valence-corrected chi connectivity index (χ0v) is 8.34. The molecular weight excluding hydrogens is 162 g/mol. The maximum Gasteiger partial charge on any atom is 0.0963 e. The van der Waals surface area contributed by atoms with Crippen LogP contribution in [0.2, 0.25) is 0 Å². The standard InChI is InChI=1S/C10H19N3/c1-2-3-10(11)13-8-4-5-9(13)7-12-6-8/h8-9,11-12H,2-7H2,1H3. The van der Waals surface area contributed by atoms with Crippen LogP contribution in [0.25, 0.3) is 0 Å². The van der Waals surface area contributed by atoms with Gasteiger partial charge in [0.15, 0.2) is 0 Å². The fourth-order valence-corrected chi connectivity index (χ4v) is 2.59. The molecule has 0 aromatic heterocycles. The van der Waals surface area contributed by atoms with Crippen LogP contribution in [-0.4, -0.2) is 35.9 Å². The first kappa shape index (κ1) is 9.00. The Labute approximate surface area is 80.0 Å². The van der Waals surface area contributed by atoms with Gasteiger partial charge in [-0.25, -0.2) is 0 Å². The molecular formula is C10H19N3. The van der Waals surface area contributed by atoms with Gasteiger partial charge in [-0.05, 0) is 19.3 Å². The Morgan fingerprint density at radius 3 is 2.54 bits per heavy atom. The minimum Gasteiger partial charge on any atom is -0.352 e. The van der Waals surface area contributed by atoms with Crippen molar-refractivity contribution in [3.63, 3.8) is 0 Å². The highest BCUT2D eigenvalue weighted by Crippen LogP contribution is 2.27. The molecule has 0 aromatic rings. The van der Waals surface area contributed by atoms with Gasteiger partial charge >= 0.3 is 0 Å². The number of amidine groups is 1. The van der Waals surface area contributed by atoms with Crippen molar-refractivity contribution in [1.82, 2.24) is 10.2 Å². The average molecular weight is 181 g/mol. The molecule has 3 heteroatoms. The first-order valence-corrected chi connectivity index (χ1v) is 5.39. The van der Waals surface area contributed by atoms with Crippen LogP contribution in [0, 0.1) is 5.41 Å². The van der Waals surface area contributed by atoms with E-state index < -0.39 is 0 Å². The van der Waals surface area contributed by atoms with Crippen LogP contribution in [0.15, 0.2) is 0 Å². The molecule has 3 nitrogen and oxygen atoms in total. The van der Waals surface area contributed by atoms with Crippen molar-refractivity contribution < 1.29 is 0 Å². The highest BCUT2D eigenvalue weighted by molar-refractivity contribution is 5.80. The quantitative estimate of drug-likeness (QED) is 0.496. The molecule has 2 N–H and O–H groups in total. The Bertz CT molecular complexity index is 186. The maximum absolute atomic E-state index is 7.98. The van der Waals surface area contributed by atoms with Crippen molar-refractivity contribution in [2.24, 2.45) is 0 Å². The lowest BCUT2D eigenvalue weighted by Gasteiger charge is -2.37. The summed E-state index contributed by atoms with van der Waals surface area (Å²) >= 11 is 0. The van der Waals surface area contributed by atoms with Crippen molar-refractivity contribution in [1.29, 1.82) is 5.41 Å². The van der Waals surface area contributed by atoms with Gasteiger partial charge in [0.1, 0.15) is 0 Å². The zero-order chi connectivity index (χ0) is 9.26. The van der Waals surface area contributed by atoms with Crippen LogP contribution >= 0.6 is 0 Å². The number of hydrogen-bond acceptors (Lipinski definition) is 2. The molecule has 2 unspecified atom stereocenters. The summed E-state index contributed by atoms with van der Waals surface area (Å²) in [7, 11) is 0. The number of rotatable bonds is 2. The number of hydrogen-bond donors (Lipinski definition) is 2. The lowest BCUT2D eigenvalue weighted by atomic mass is 10.2. The van der Waals surface area contributed by atoms with Crippen molar-refractivity contribution in [2.45, 2.75) is 44.7 Å². The van der Waals surface area contributed by atoms with Crippen molar-refractivity contribution in [3.8, 4) is 0 Å². The molecule has 0 aliphatic carbocycles. The van der Waals surface area contributed by atoms with Crippen molar-refractivity contribution in [3.05, 3.63) is 0 Å². The molecule has 2 saturated heterocycles. The maximum atomic E-state index is 7.98. The summed E-state index contributed by atoms with van der Waals surface area (Å²) < 4.78 is 0. The molecule has 0 spiro atoms. The van der Waals surface area contributed by atoms with E-state index in [-0.39, 0.29) is 0 Å². The zero-order valence-electron chi connectivity index (χ0n) is 8.34. The summed E-state index contributed by atoms with van der Waals surface area (Å²) in [5.74, 6) is 0.872. The Kier molecular flexibility index (Phi) is 2.54. The van der Waals surface area contributed by atoms with E-state index in [1.165, 1.54) is 12.8 Å². The first-order chi connectivity index (χ1) is 6.33. The smallest absolute Gasteiger partial charge is 0.0963 e. The van der Waals surface area contributed by atoms with Crippen LogP contribution in [0.3, 0.4) is 0 Å². The van der Waals surface area contributed by atoms with E-state index in [0.717, 1.165) is 31.8 Å². The van der Waals surface area contributed by atoms with Crippen molar-refractivity contribution >= 4 is 5.84 Å². The lowest BCUT2D eigenvalue weighted by molar-refractivity contribution is 0.246. The van der Waals surface area contributed by atoms with E-state index in [9.17, 15) is 0 Å². The van der Waals surface area contributed by atoms with Gasteiger partial charge in [0.05, 0.1) is 5.84 Å². The minimum atomic E-state index is 0.623. The average Bonchev–Trinajstić information content (AvgIpc) is 2.37. The lowest BCUT2D eigenvalue weighted by Crippen LogP contribution is -2.53. The van der Waals surface area contributed by atoms with E-state index in [1.807, 2.05) is 0 Å². The highest BCUT2D eigenvalue weighted by Gasteiger charge is 2.37. The normalized spacial score (nSPS) is 32.2. The molecule has 74 valence electrons. The van der Waals surface area contributed by atoms with Gasteiger partial charge in [-0.3, -0.25) is 5.41 Å². The summed E-state index contributed by atoms with van der Waals surface area (Å²) in [6.07, 6.45) is 4.61. The number of fused-ring (bicyclic) bond motifs is 2. The van der Waals surface area contributed by atoms with Crippen LogP contribution in [0.1, 0.15) is 32.6 Å². The van der Waals surface area contributed by atoms with Gasteiger partial charge < -0.3 is 10.2 Å². The van der Waals surface area contributed by atoms with Gasteiger partial charge in [0.2, 0.25) is 0 Å². The fourth-order valence-electron chi connectivity index (χ4n) is 2.59. The largest absolute Gasteiger partial charge is 0.352 e. The minimum absolute atomic E-state index is 0.623. The second-order valence-electron chi connectivity index (χ2n) is 4.15. The van der Waals surface area contributed by atoms with Gasteiger partial charge in [0, 0.05) is 31.6 Å². The van der Waals surface area contributed by atoms with E-state index in [4.69, 9.17) is 5.41 Å². The van der Waals surface area contributed by atoms with E-state index in [1.54, 1.807) is 0 Å². The molecule has 2 aliphatic rings. The SMILES string of the molecule is CCCC(=N)N1C2CCC1CNC2. The monoisotopic (exact) mass is 181 g/mol. The summed E-state index contributed by atoms with van der Waals surface area (Å²) in [6, 6.07) is 1.25. The third kappa shape index (κ3) is 1.57. The predicted octanol–water partition coefficient (Wildman–Crippen LogP) is 1.20. The molecule has 13 heavy (non-hydrogen) atoms. The Morgan fingerprint density at radius 2 is 2.00 bits per heavy atom.